The molecule has 1 aromatic carbocycles. The van der Waals surface area contributed by atoms with Crippen LogP contribution >= 0.6 is 7.60 Å². The summed E-state index contributed by atoms with van der Waals surface area (Å²) >= 11 is 0. The molecule has 0 saturated heterocycles. The third kappa shape index (κ3) is 7.88. The second-order valence-corrected chi connectivity index (χ2v) is 10.2. The molecule has 1 aromatic heterocycles. The number of benzene rings is 1. The van der Waals surface area contributed by atoms with Crippen LogP contribution in [0.2, 0.25) is 0 Å². The zero-order valence-electron chi connectivity index (χ0n) is 22.2. The van der Waals surface area contributed by atoms with E-state index in [0.717, 1.165) is 12.1 Å². The Kier molecular flexibility index (Phi) is 11.2. The molecule has 0 aliphatic rings. The summed E-state index contributed by atoms with van der Waals surface area (Å²) in [6.45, 7) is 6.39. The van der Waals surface area contributed by atoms with Gasteiger partial charge in [0.05, 0.1) is 31.0 Å². The van der Waals surface area contributed by atoms with Gasteiger partial charge >= 0.3 is 7.60 Å². The number of nitrogens with zero attached hydrogens (tertiary/aromatic N) is 2. The van der Waals surface area contributed by atoms with Gasteiger partial charge in [0.25, 0.3) is 17.6 Å². The quantitative estimate of drug-likeness (QED) is 0.115. The molecule has 0 aliphatic heterocycles. The van der Waals surface area contributed by atoms with Crippen LogP contribution in [-0.4, -0.2) is 48.2 Å². The number of halogens is 2. The van der Waals surface area contributed by atoms with Crippen molar-refractivity contribution in [2.24, 2.45) is 12.2 Å². The lowest BCUT2D eigenvalue weighted by molar-refractivity contribution is -0.116. The number of hydrogen-bond acceptors (Lipinski definition) is 9. The summed E-state index contributed by atoms with van der Waals surface area (Å²) in [6, 6.07) is 2.87. The van der Waals surface area contributed by atoms with Crippen molar-refractivity contribution in [1.82, 2.24) is 15.2 Å². The number of Topliss-reactive ketones (excluding diaryl/α,β-unsaturated/α-hetero) is 1. The van der Waals surface area contributed by atoms with Crippen LogP contribution in [0.1, 0.15) is 46.0 Å². The smallest absolute Gasteiger partial charge is 0.349 e. The van der Waals surface area contributed by atoms with Crippen LogP contribution in [0.4, 0.5) is 14.5 Å². The van der Waals surface area contributed by atoms with Gasteiger partial charge < -0.3 is 29.6 Å². The van der Waals surface area contributed by atoms with Crippen molar-refractivity contribution in [3.8, 4) is 0 Å². The average molecular weight is 569 g/mol. The Balaban J connectivity index is 2.13. The number of aromatic nitrogens is 1. The van der Waals surface area contributed by atoms with Crippen LogP contribution < -0.4 is 16.0 Å². The molecule has 2 amide bonds. The van der Waals surface area contributed by atoms with E-state index in [2.05, 4.69) is 21.1 Å². The molecule has 2 aromatic rings. The normalized spacial score (nSPS) is 11.7. The number of ketones is 1. The molecule has 39 heavy (non-hydrogen) atoms. The molecule has 0 bridgehead atoms. The summed E-state index contributed by atoms with van der Waals surface area (Å²) in [6.07, 6.45) is 1.04. The van der Waals surface area contributed by atoms with E-state index in [0.29, 0.717) is 5.69 Å². The Bertz CT molecular complexity index is 1330. The molecule has 0 aliphatic carbocycles. The van der Waals surface area contributed by atoms with Gasteiger partial charge in [-0.1, -0.05) is 0 Å². The fraction of sp³-hybridized carbons (Fsp3) is 0.375. The van der Waals surface area contributed by atoms with Crippen LogP contribution in [0.25, 0.3) is 0 Å². The molecule has 4 N–H and O–H groups in total. The van der Waals surface area contributed by atoms with E-state index in [1.165, 1.54) is 30.8 Å². The Morgan fingerprint density at radius 2 is 1.77 bits per heavy atom. The highest BCUT2D eigenvalue weighted by Crippen LogP contribution is 2.46. The van der Waals surface area contributed by atoms with E-state index >= 15 is 0 Å². The molecule has 12 nitrogen and oxygen atoms in total. The second kappa shape index (κ2) is 13.9. The summed E-state index contributed by atoms with van der Waals surface area (Å²) in [4.78, 5) is 38.5. The van der Waals surface area contributed by atoms with Crippen LogP contribution in [0.3, 0.4) is 0 Å². The number of hydrogen-bond donors (Lipinski definition) is 4. The molecule has 212 valence electrons. The van der Waals surface area contributed by atoms with E-state index in [1.807, 2.05) is 0 Å². The van der Waals surface area contributed by atoms with Crippen molar-refractivity contribution in [3.63, 3.8) is 0 Å². The predicted octanol–water partition coefficient (Wildman–Crippen LogP) is 4.16. The number of amides is 2. The first-order valence-electron chi connectivity index (χ1n) is 11.8. The van der Waals surface area contributed by atoms with E-state index < -0.39 is 36.8 Å². The van der Waals surface area contributed by atoms with Crippen molar-refractivity contribution in [2.45, 2.75) is 27.7 Å². The first-order valence-corrected chi connectivity index (χ1v) is 13.5. The van der Waals surface area contributed by atoms with Crippen molar-refractivity contribution in [2.75, 3.05) is 31.4 Å². The Morgan fingerprint density at radius 3 is 2.33 bits per heavy atom. The van der Waals surface area contributed by atoms with Gasteiger partial charge in [-0.3, -0.25) is 18.9 Å². The highest BCUT2D eigenvalue weighted by Gasteiger charge is 2.29. The van der Waals surface area contributed by atoms with Crippen molar-refractivity contribution >= 4 is 30.9 Å². The number of rotatable bonds is 14. The van der Waals surface area contributed by atoms with E-state index in [4.69, 9.17) is 14.6 Å². The van der Waals surface area contributed by atoms with Gasteiger partial charge in [0.15, 0.2) is 11.6 Å². The number of nitrogens with one attached hydrogen (secondary N) is 4. The van der Waals surface area contributed by atoms with Gasteiger partial charge in [-0.15, -0.1) is 0 Å². The monoisotopic (exact) mass is 568 g/mol. The minimum atomic E-state index is -3.40. The van der Waals surface area contributed by atoms with Crippen LogP contribution in [0.15, 0.2) is 35.2 Å². The zero-order valence-corrected chi connectivity index (χ0v) is 23.1. The molecule has 0 unspecified atom stereocenters. The molecule has 1 heterocycles. The first-order chi connectivity index (χ1) is 18.4. The first kappa shape index (κ1) is 31.5. The standard InChI is InChI=1S/C24H31F2N6O6P/c1-6-37-39(36,38-7-2)13-28-11-17(31-27)12-29-24(35)22(33)20-14(3)21(32(5)15(20)4)23(34)30-16-8-9-18(25)19(26)10-16/h8-11,27-28H,6-7,12-13H2,1-5H3,(H,29,35)(H,30,34)/b17-11-,31-27?. The zero-order chi connectivity index (χ0) is 29.3. The van der Waals surface area contributed by atoms with Crippen molar-refractivity contribution in [3.05, 3.63) is 64.2 Å². The summed E-state index contributed by atoms with van der Waals surface area (Å²) < 4.78 is 50.9. The van der Waals surface area contributed by atoms with Gasteiger partial charge in [0.2, 0.25) is 0 Å². The fourth-order valence-corrected chi connectivity index (χ4v) is 5.04. The minimum Gasteiger partial charge on any atom is -0.378 e. The minimum absolute atomic E-state index is 0.00806. The van der Waals surface area contributed by atoms with E-state index in [-0.39, 0.29) is 54.2 Å². The molecule has 0 saturated carbocycles. The maximum absolute atomic E-state index is 13.5. The van der Waals surface area contributed by atoms with E-state index in [9.17, 15) is 27.7 Å². The molecule has 0 spiro atoms. The summed E-state index contributed by atoms with van der Waals surface area (Å²) in [5, 5.41) is 10.8. The van der Waals surface area contributed by atoms with Crippen LogP contribution in [0.5, 0.6) is 0 Å². The Labute approximate surface area is 224 Å². The highest BCUT2D eigenvalue weighted by atomic mass is 31.2. The molecule has 2 rings (SSSR count). The van der Waals surface area contributed by atoms with Gasteiger partial charge in [0, 0.05) is 30.7 Å². The van der Waals surface area contributed by atoms with Gasteiger partial charge in [-0.25, -0.2) is 14.3 Å². The van der Waals surface area contributed by atoms with Crippen molar-refractivity contribution in [1.29, 1.82) is 5.53 Å². The second-order valence-electron chi connectivity index (χ2n) is 8.14. The lowest BCUT2D eigenvalue weighted by Crippen LogP contribution is -2.33. The maximum atomic E-state index is 13.5. The summed E-state index contributed by atoms with van der Waals surface area (Å²) in [7, 11) is -1.88. The molecular formula is C24H31F2N6O6P. The third-order valence-corrected chi connectivity index (χ3v) is 7.41. The fourth-order valence-electron chi connectivity index (χ4n) is 3.68. The topological polar surface area (TPSA) is 164 Å². The lowest BCUT2D eigenvalue weighted by Gasteiger charge is -2.16. The third-order valence-electron chi connectivity index (χ3n) is 5.54. The van der Waals surface area contributed by atoms with Crippen LogP contribution in [-0.2, 0) is 25.5 Å². The summed E-state index contributed by atoms with van der Waals surface area (Å²) in [5.74, 6) is -4.84. The molecule has 0 radical (unpaired) electrons. The molecule has 15 heteroatoms. The number of carbonyl (C=O) groups is 3. The summed E-state index contributed by atoms with van der Waals surface area (Å²) in [5.41, 5.74) is 7.89. The predicted molar refractivity (Wildman–Crippen MR) is 139 cm³/mol. The SMILES string of the molecule is CCOP(=O)(CN/C=C(/CNC(=O)C(=O)c1c(C)c(C(=O)Nc2ccc(F)c(F)c2)n(C)c1C)N=N)OCC. The molecule has 0 fully saturated rings. The Hall–Kier alpha value is -3.74. The Morgan fingerprint density at radius 1 is 1.13 bits per heavy atom. The van der Waals surface area contributed by atoms with Gasteiger partial charge in [0.1, 0.15) is 12.0 Å². The highest BCUT2D eigenvalue weighted by molar-refractivity contribution is 7.53. The molecular weight excluding hydrogens is 537 g/mol. The van der Waals surface area contributed by atoms with E-state index in [1.54, 1.807) is 20.8 Å². The maximum Gasteiger partial charge on any atom is 0.349 e. The van der Waals surface area contributed by atoms with Gasteiger partial charge in [-0.2, -0.15) is 5.11 Å². The number of anilines is 1. The van der Waals surface area contributed by atoms with Crippen LogP contribution in [0, 0.1) is 31.0 Å². The van der Waals surface area contributed by atoms with Gasteiger partial charge in [-0.05, 0) is 45.4 Å². The molecule has 0 atom stereocenters. The average Bonchev–Trinajstić information content (AvgIpc) is 3.10. The van der Waals surface area contributed by atoms with Crippen molar-refractivity contribution < 1.29 is 36.8 Å². The lowest BCUT2D eigenvalue weighted by atomic mass is 10.0. The number of carbonyl (C=O) groups excluding carboxylic acids is 3. The largest absolute Gasteiger partial charge is 0.378 e.